The highest BCUT2D eigenvalue weighted by Crippen LogP contribution is 2.49. The van der Waals surface area contributed by atoms with Gasteiger partial charge in [-0.25, -0.2) is 0 Å². The number of amides is 1. The molecule has 6 heteroatoms. The number of nitrogens with two attached hydrogens (primary N) is 1. The molecule has 3 N–H and O–H groups in total. The van der Waals surface area contributed by atoms with Crippen LogP contribution in [0.2, 0.25) is 0 Å². The molecule has 3 unspecified atom stereocenters. The van der Waals surface area contributed by atoms with Crippen LogP contribution in [0, 0.1) is 11.3 Å². The molecule has 0 radical (unpaired) electrons. The Labute approximate surface area is 146 Å². The number of rotatable bonds is 7. The van der Waals surface area contributed by atoms with E-state index in [2.05, 4.69) is 24.1 Å². The van der Waals surface area contributed by atoms with Crippen molar-refractivity contribution in [2.75, 3.05) is 39.4 Å². The smallest absolute Gasteiger partial charge is 0.240 e. The van der Waals surface area contributed by atoms with Crippen molar-refractivity contribution in [2.45, 2.75) is 58.8 Å². The molecule has 2 rings (SSSR count). The molecule has 1 saturated carbocycles. The van der Waals surface area contributed by atoms with Crippen molar-refractivity contribution >= 4 is 5.91 Å². The van der Waals surface area contributed by atoms with Crippen molar-refractivity contribution in [3.8, 4) is 0 Å². The Hall–Kier alpha value is -0.690. The first-order chi connectivity index (χ1) is 11.2. The van der Waals surface area contributed by atoms with Gasteiger partial charge < -0.3 is 20.5 Å². The predicted molar refractivity (Wildman–Crippen MR) is 94.8 cm³/mol. The molecule has 140 valence electrons. The minimum Gasteiger partial charge on any atom is -0.378 e. The van der Waals surface area contributed by atoms with E-state index in [9.17, 15) is 4.79 Å². The van der Waals surface area contributed by atoms with E-state index in [-0.39, 0.29) is 23.5 Å². The van der Waals surface area contributed by atoms with Gasteiger partial charge in [-0.2, -0.15) is 0 Å². The van der Waals surface area contributed by atoms with Gasteiger partial charge in [0.1, 0.15) is 5.54 Å². The molecule has 1 aliphatic heterocycles. The summed E-state index contributed by atoms with van der Waals surface area (Å²) in [5.74, 6) is 0.546. The van der Waals surface area contributed by atoms with Crippen molar-refractivity contribution in [3.05, 3.63) is 0 Å². The molecule has 0 aromatic carbocycles. The number of nitrogens with zero attached hydrogens (tertiary/aromatic N) is 1. The Morgan fingerprint density at radius 3 is 2.75 bits per heavy atom. The second-order valence-electron chi connectivity index (χ2n) is 8.20. The van der Waals surface area contributed by atoms with E-state index in [1.165, 1.54) is 0 Å². The van der Waals surface area contributed by atoms with Crippen LogP contribution >= 0.6 is 0 Å². The summed E-state index contributed by atoms with van der Waals surface area (Å²) in [6.07, 6.45) is 0.659. The number of carbonyl (C=O) groups excluding carboxylic acids is 1. The van der Waals surface area contributed by atoms with E-state index in [0.717, 1.165) is 26.2 Å². The van der Waals surface area contributed by atoms with Gasteiger partial charge in [-0.1, -0.05) is 27.7 Å². The first kappa shape index (κ1) is 19.6. The van der Waals surface area contributed by atoms with Crippen LogP contribution in [0.1, 0.15) is 41.0 Å². The fraction of sp³-hybridized carbons (Fsp3) is 0.944. The normalized spacial score (nSPS) is 33.3. The highest BCUT2D eigenvalue weighted by atomic mass is 16.5. The lowest BCUT2D eigenvalue weighted by Crippen LogP contribution is -2.76. The Balaban J connectivity index is 1.83. The van der Waals surface area contributed by atoms with Crippen LogP contribution < -0.4 is 11.1 Å². The van der Waals surface area contributed by atoms with Gasteiger partial charge in [0.25, 0.3) is 0 Å². The van der Waals surface area contributed by atoms with E-state index < -0.39 is 5.54 Å². The van der Waals surface area contributed by atoms with Crippen molar-refractivity contribution in [3.63, 3.8) is 0 Å². The third-order valence-corrected chi connectivity index (χ3v) is 5.57. The predicted octanol–water partition coefficient (Wildman–Crippen LogP) is 0.992. The first-order valence-corrected chi connectivity index (χ1v) is 9.23. The standard InChI is InChI=1S/C18H35N3O3/c1-6-23-15-9-18(19,17(15,4)5)16(22)20-10-14-12-21(7-8-24-14)11-13(2)3/h13-15H,6-12,19H2,1-5H3,(H,20,22). The summed E-state index contributed by atoms with van der Waals surface area (Å²) >= 11 is 0. The lowest BCUT2D eigenvalue weighted by atomic mass is 9.54. The zero-order chi connectivity index (χ0) is 18.0. The summed E-state index contributed by atoms with van der Waals surface area (Å²) < 4.78 is 11.5. The molecule has 24 heavy (non-hydrogen) atoms. The molecule has 0 spiro atoms. The summed E-state index contributed by atoms with van der Waals surface area (Å²) in [6, 6.07) is 0. The average molecular weight is 341 g/mol. The first-order valence-electron chi connectivity index (χ1n) is 9.23. The second kappa shape index (κ2) is 7.68. The van der Waals surface area contributed by atoms with E-state index in [4.69, 9.17) is 15.2 Å². The number of hydrogen-bond acceptors (Lipinski definition) is 5. The van der Waals surface area contributed by atoms with Crippen LogP contribution in [-0.2, 0) is 14.3 Å². The van der Waals surface area contributed by atoms with Gasteiger partial charge in [0, 0.05) is 44.6 Å². The van der Waals surface area contributed by atoms with Crippen molar-refractivity contribution in [1.29, 1.82) is 0 Å². The van der Waals surface area contributed by atoms with Crippen LogP contribution in [0.25, 0.3) is 0 Å². The highest BCUT2D eigenvalue weighted by molar-refractivity contribution is 5.88. The molecule has 0 aromatic rings. The van der Waals surface area contributed by atoms with Crippen LogP contribution in [-0.4, -0.2) is 67.9 Å². The van der Waals surface area contributed by atoms with E-state index in [1.807, 2.05) is 20.8 Å². The van der Waals surface area contributed by atoms with Crippen LogP contribution in [0.5, 0.6) is 0 Å². The SMILES string of the molecule is CCOC1CC(N)(C(=O)NCC2CN(CC(C)C)CCO2)C1(C)C. The van der Waals surface area contributed by atoms with Crippen molar-refractivity contribution in [1.82, 2.24) is 10.2 Å². The molecule has 0 bridgehead atoms. The molecule has 1 heterocycles. The Bertz CT molecular complexity index is 441. The molecule has 2 aliphatic rings. The van der Waals surface area contributed by atoms with E-state index in [0.29, 0.717) is 25.5 Å². The van der Waals surface area contributed by atoms with Crippen molar-refractivity contribution in [2.24, 2.45) is 17.1 Å². The summed E-state index contributed by atoms with van der Waals surface area (Å²) in [5.41, 5.74) is 5.19. The molecule has 0 aromatic heterocycles. The quantitative estimate of drug-likeness (QED) is 0.722. The molecule has 1 aliphatic carbocycles. The zero-order valence-corrected chi connectivity index (χ0v) is 15.9. The van der Waals surface area contributed by atoms with Crippen molar-refractivity contribution < 1.29 is 14.3 Å². The minimum absolute atomic E-state index is 0.0379. The third kappa shape index (κ3) is 3.93. The Morgan fingerprint density at radius 2 is 2.17 bits per heavy atom. The average Bonchev–Trinajstić information content (AvgIpc) is 2.52. The molecule has 3 atom stereocenters. The summed E-state index contributed by atoms with van der Waals surface area (Å²) in [5, 5.41) is 3.02. The van der Waals surface area contributed by atoms with Gasteiger partial charge in [0.2, 0.25) is 5.91 Å². The largest absolute Gasteiger partial charge is 0.378 e. The molecule has 2 fully saturated rings. The minimum atomic E-state index is -0.862. The lowest BCUT2D eigenvalue weighted by molar-refractivity contribution is -0.171. The Morgan fingerprint density at radius 1 is 1.46 bits per heavy atom. The Kier molecular flexibility index (Phi) is 6.29. The topological polar surface area (TPSA) is 76.8 Å². The van der Waals surface area contributed by atoms with E-state index >= 15 is 0 Å². The molecule has 6 nitrogen and oxygen atoms in total. The van der Waals surface area contributed by atoms with Gasteiger partial charge in [-0.15, -0.1) is 0 Å². The molecular formula is C18H35N3O3. The number of nitrogens with one attached hydrogen (secondary N) is 1. The second-order valence-corrected chi connectivity index (χ2v) is 8.20. The van der Waals surface area contributed by atoms with Gasteiger partial charge in [0.15, 0.2) is 0 Å². The molecule has 1 saturated heterocycles. The molecule has 1 amide bonds. The maximum absolute atomic E-state index is 12.7. The van der Waals surface area contributed by atoms with Crippen LogP contribution in [0.15, 0.2) is 0 Å². The van der Waals surface area contributed by atoms with Gasteiger partial charge in [-0.3, -0.25) is 9.69 Å². The number of morpholine rings is 1. The van der Waals surface area contributed by atoms with Gasteiger partial charge in [0.05, 0.1) is 18.8 Å². The fourth-order valence-electron chi connectivity index (χ4n) is 3.77. The zero-order valence-electron chi connectivity index (χ0n) is 15.9. The van der Waals surface area contributed by atoms with Gasteiger partial charge >= 0.3 is 0 Å². The highest BCUT2D eigenvalue weighted by Gasteiger charge is 2.62. The monoisotopic (exact) mass is 341 g/mol. The fourth-order valence-corrected chi connectivity index (χ4v) is 3.77. The van der Waals surface area contributed by atoms with Crippen LogP contribution in [0.4, 0.5) is 0 Å². The summed E-state index contributed by atoms with van der Waals surface area (Å²) in [7, 11) is 0. The van der Waals surface area contributed by atoms with Crippen LogP contribution in [0.3, 0.4) is 0 Å². The van der Waals surface area contributed by atoms with Gasteiger partial charge in [-0.05, 0) is 12.8 Å². The number of hydrogen-bond donors (Lipinski definition) is 2. The number of ether oxygens (including phenoxy) is 2. The summed E-state index contributed by atoms with van der Waals surface area (Å²) in [6.45, 7) is 15.2. The van der Waals surface area contributed by atoms with E-state index in [1.54, 1.807) is 0 Å². The summed E-state index contributed by atoms with van der Waals surface area (Å²) in [4.78, 5) is 15.1. The lowest BCUT2D eigenvalue weighted by Gasteiger charge is -2.57. The number of carbonyl (C=O) groups is 1. The maximum Gasteiger partial charge on any atom is 0.240 e. The molecular weight excluding hydrogens is 306 g/mol. The third-order valence-electron chi connectivity index (χ3n) is 5.57. The maximum atomic E-state index is 12.7.